The van der Waals surface area contributed by atoms with Crippen LogP contribution < -0.4 is 10.1 Å². The number of nitrogens with one attached hydrogen (secondary N) is 1. The van der Waals surface area contributed by atoms with E-state index in [0.29, 0.717) is 5.13 Å². The standard InChI is InChI=1S/C21H20N4O2S/c1-13(25-12-22-17-6-4-5-7-18(17)25)20(26)24-21-23-19(14(2)28-21)15-8-10-16(27-3)11-9-15/h4-13H,1-3H3,(H,23,24,26). The number of imidazole rings is 1. The fourth-order valence-electron chi connectivity index (χ4n) is 3.09. The average Bonchev–Trinajstić information content (AvgIpc) is 3.31. The third kappa shape index (κ3) is 3.36. The van der Waals surface area contributed by atoms with Gasteiger partial charge in [-0.2, -0.15) is 0 Å². The van der Waals surface area contributed by atoms with E-state index in [-0.39, 0.29) is 5.91 Å². The molecule has 4 aromatic rings. The number of methoxy groups -OCH3 is 1. The van der Waals surface area contributed by atoms with Crippen LogP contribution in [-0.4, -0.2) is 27.6 Å². The Balaban J connectivity index is 1.54. The molecule has 28 heavy (non-hydrogen) atoms. The van der Waals surface area contributed by atoms with Crippen molar-refractivity contribution in [2.45, 2.75) is 19.9 Å². The van der Waals surface area contributed by atoms with Crippen molar-refractivity contribution in [1.82, 2.24) is 14.5 Å². The van der Waals surface area contributed by atoms with E-state index in [1.54, 1.807) is 13.4 Å². The van der Waals surface area contributed by atoms with E-state index in [2.05, 4.69) is 15.3 Å². The SMILES string of the molecule is COc1ccc(-c2nc(NC(=O)C(C)n3cnc4ccccc43)sc2C)cc1. The Bertz CT molecular complexity index is 1130. The highest BCUT2D eigenvalue weighted by atomic mass is 32.1. The molecule has 0 aliphatic heterocycles. The molecule has 2 aromatic carbocycles. The van der Waals surface area contributed by atoms with Crippen LogP contribution in [0.1, 0.15) is 17.8 Å². The monoisotopic (exact) mass is 392 g/mol. The van der Waals surface area contributed by atoms with E-state index < -0.39 is 6.04 Å². The van der Waals surface area contributed by atoms with Crippen molar-refractivity contribution < 1.29 is 9.53 Å². The first-order valence-electron chi connectivity index (χ1n) is 8.91. The van der Waals surface area contributed by atoms with Gasteiger partial charge >= 0.3 is 0 Å². The van der Waals surface area contributed by atoms with Crippen LogP contribution >= 0.6 is 11.3 Å². The molecule has 1 amide bonds. The summed E-state index contributed by atoms with van der Waals surface area (Å²) in [6.07, 6.45) is 1.70. The van der Waals surface area contributed by atoms with Crippen LogP contribution in [0.3, 0.4) is 0 Å². The molecule has 2 heterocycles. The lowest BCUT2D eigenvalue weighted by Crippen LogP contribution is -2.23. The van der Waals surface area contributed by atoms with E-state index >= 15 is 0 Å². The van der Waals surface area contributed by atoms with E-state index in [1.807, 2.05) is 66.9 Å². The zero-order valence-corrected chi connectivity index (χ0v) is 16.7. The van der Waals surface area contributed by atoms with Gasteiger partial charge in [-0.15, -0.1) is 11.3 Å². The number of benzene rings is 2. The number of hydrogen-bond acceptors (Lipinski definition) is 5. The Kier molecular flexibility index (Phi) is 4.83. The van der Waals surface area contributed by atoms with Crippen molar-refractivity contribution >= 4 is 33.4 Å². The number of thiazole rings is 1. The maximum Gasteiger partial charge on any atom is 0.248 e. The summed E-state index contributed by atoms with van der Waals surface area (Å²) in [6, 6.07) is 15.1. The highest BCUT2D eigenvalue weighted by Crippen LogP contribution is 2.31. The summed E-state index contributed by atoms with van der Waals surface area (Å²) < 4.78 is 7.07. The number of nitrogens with zero attached hydrogens (tertiary/aromatic N) is 3. The number of rotatable bonds is 5. The Hall–Kier alpha value is -3.19. The van der Waals surface area contributed by atoms with Crippen molar-refractivity contribution in [3.05, 3.63) is 59.7 Å². The maximum atomic E-state index is 12.8. The molecule has 1 atom stereocenters. The highest BCUT2D eigenvalue weighted by molar-refractivity contribution is 7.16. The Morgan fingerprint density at radius 1 is 1.18 bits per heavy atom. The predicted molar refractivity (Wildman–Crippen MR) is 112 cm³/mol. The molecular weight excluding hydrogens is 372 g/mol. The summed E-state index contributed by atoms with van der Waals surface area (Å²) in [7, 11) is 1.64. The fourth-order valence-corrected chi connectivity index (χ4v) is 3.93. The molecule has 0 aliphatic rings. The molecule has 1 unspecified atom stereocenters. The maximum absolute atomic E-state index is 12.8. The summed E-state index contributed by atoms with van der Waals surface area (Å²) in [5.74, 6) is 0.671. The first-order valence-corrected chi connectivity index (χ1v) is 9.73. The van der Waals surface area contributed by atoms with Crippen molar-refractivity contribution in [2.75, 3.05) is 12.4 Å². The number of carbonyl (C=O) groups excluding carboxylic acids is 1. The van der Waals surface area contributed by atoms with Crippen LogP contribution in [0, 0.1) is 6.92 Å². The molecule has 142 valence electrons. The second kappa shape index (κ2) is 7.44. The summed E-state index contributed by atoms with van der Waals surface area (Å²) in [5, 5.41) is 3.53. The number of carbonyl (C=O) groups is 1. The number of aryl methyl sites for hydroxylation is 1. The number of aromatic nitrogens is 3. The molecule has 2 aromatic heterocycles. The van der Waals surface area contributed by atoms with Gasteiger partial charge in [0.25, 0.3) is 0 Å². The average molecular weight is 392 g/mol. The molecule has 0 saturated heterocycles. The van der Waals surface area contributed by atoms with Gasteiger partial charge in [-0.25, -0.2) is 9.97 Å². The summed E-state index contributed by atoms with van der Waals surface area (Å²) >= 11 is 1.47. The minimum Gasteiger partial charge on any atom is -0.497 e. The third-order valence-corrected chi connectivity index (χ3v) is 5.55. The summed E-state index contributed by atoms with van der Waals surface area (Å²) in [6.45, 7) is 3.86. The largest absolute Gasteiger partial charge is 0.497 e. The van der Waals surface area contributed by atoms with E-state index in [1.165, 1.54) is 11.3 Å². The molecule has 0 radical (unpaired) electrons. The van der Waals surface area contributed by atoms with Crippen LogP contribution in [0.5, 0.6) is 5.75 Å². The lowest BCUT2D eigenvalue weighted by Gasteiger charge is -2.13. The second-order valence-corrected chi connectivity index (χ2v) is 7.66. The predicted octanol–water partition coefficient (Wildman–Crippen LogP) is 4.68. The Morgan fingerprint density at radius 3 is 2.68 bits per heavy atom. The van der Waals surface area contributed by atoms with Gasteiger partial charge in [-0.1, -0.05) is 12.1 Å². The van der Waals surface area contributed by atoms with Crippen LogP contribution in [-0.2, 0) is 4.79 Å². The van der Waals surface area contributed by atoms with Crippen molar-refractivity contribution in [3.8, 4) is 17.0 Å². The van der Waals surface area contributed by atoms with Crippen LogP contribution in [0.25, 0.3) is 22.3 Å². The molecule has 0 bridgehead atoms. The quantitative estimate of drug-likeness (QED) is 0.536. The van der Waals surface area contributed by atoms with E-state index in [0.717, 1.165) is 32.9 Å². The lowest BCUT2D eigenvalue weighted by molar-refractivity contribution is -0.118. The number of hydrogen-bond donors (Lipinski definition) is 1. The van der Waals surface area contributed by atoms with Gasteiger partial charge in [-0.05, 0) is 50.2 Å². The smallest absolute Gasteiger partial charge is 0.248 e. The molecule has 0 saturated carbocycles. The molecule has 0 spiro atoms. The zero-order chi connectivity index (χ0) is 19.7. The first kappa shape index (κ1) is 18.2. The van der Waals surface area contributed by atoms with Crippen molar-refractivity contribution in [2.24, 2.45) is 0 Å². The first-order chi connectivity index (χ1) is 13.6. The van der Waals surface area contributed by atoms with Gasteiger partial charge in [0.2, 0.25) is 5.91 Å². The zero-order valence-electron chi connectivity index (χ0n) is 15.8. The molecule has 7 heteroatoms. The van der Waals surface area contributed by atoms with Gasteiger partial charge in [-0.3, -0.25) is 4.79 Å². The van der Waals surface area contributed by atoms with Crippen molar-refractivity contribution in [3.63, 3.8) is 0 Å². The van der Waals surface area contributed by atoms with Gasteiger partial charge in [0.05, 0.1) is 30.2 Å². The number of fused-ring (bicyclic) bond motifs is 1. The topological polar surface area (TPSA) is 69.0 Å². The minimum atomic E-state index is -0.402. The van der Waals surface area contributed by atoms with E-state index in [4.69, 9.17) is 4.74 Å². The highest BCUT2D eigenvalue weighted by Gasteiger charge is 2.19. The van der Waals surface area contributed by atoms with Crippen LogP contribution in [0.4, 0.5) is 5.13 Å². The molecule has 1 N–H and O–H groups in total. The summed E-state index contributed by atoms with van der Waals surface area (Å²) in [4.78, 5) is 22.8. The molecule has 6 nitrogen and oxygen atoms in total. The minimum absolute atomic E-state index is 0.127. The number of ether oxygens (including phenoxy) is 1. The van der Waals surface area contributed by atoms with E-state index in [9.17, 15) is 4.79 Å². The molecular formula is C21H20N4O2S. The summed E-state index contributed by atoms with van der Waals surface area (Å²) in [5.41, 5.74) is 3.65. The second-order valence-electron chi connectivity index (χ2n) is 6.46. The Morgan fingerprint density at radius 2 is 1.93 bits per heavy atom. The van der Waals surface area contributed by atoms with Gasteiger partial charge in [0.1, 0.15) is 11.8 Å². The number of anilines is 1. The Labute approximate surface area is 166 Å². The van der Waals surface area contributed by atoms with Crippen molar-refractivity contribution in [1.29, 1.82) is 0 Å². The number of para-hydroxylation sites is 2. The van der Waals surface area contributed by atoms with Gasteiger partial charge < -0.3 is 14.6 Å². The molecule has 4 rings (SSSR count). The lowest BCUT2D eigenvalue weighted by atomic mass is 10.1. The fraction of sp³-hybridized carbons (Fsp3) is 0.190. The number of amides is 1. The van der Waals surface area contributed by atoms with Gasteiger partial charge in [0.15, 0.2) is 5.13 Å². The molecule has 0 aliphatic carbocycles. The van der Waals surface area contributed by atoms with Gasteiger partial charge in [0, 0.05) is 10.4 Å². The van der Waals surface area contributed by atoms with Crippen LogP contribution in [0.2, 0.25) is 0 Å². The molecule has 0 fully saturated rings. The van der Waals surface area contributed by atoms with Crippen LogP contribution in [0.15, 0.2) is 54.9 Å². The normalized spacial score (nSPS) is 12.1. The third-order valence-electron chi connectivity index (χ3n) is 4.67.